The van der Waals surface area contributed by atoms with Crippen molar-refractivity contribution in [1.82, 2.24) is 9.78 Å². The highest BCUT2D eigenvalue weighted by Gasteiger charge is 2.30. The number of hydrogen-bond acceptors (Lipinski definition) is 1. The van der Waals surface area contributed by atoms with Crippen LogP contribution in [0.2, 0.25) is 0 Å². The summed E-state index contributed by atoms with van der Waals surface area (Å²) < 4.78 is 40.8. The summed E-state index contributed by atoms with van der Waals surface area (Å²) in [6.45, 7) is 5.95. The maximum atomic E-state index is 13.1. The Morgan fingerprint density at radius 2 is 1.76 bits per heavy atom. The van der Waals surface area contributed by atoms with Crippen LogP contribution in [-0.2, 0) is 6.18 Å². The molecular weight excluding hydrogens is 325 g/mol. The molecule has 2 nitrogen and oxygen atoms in total. The van der Waals surface area contributed by atoms with Crippen LogP contribution in [0.15, 0.2) is 67.2 Å². The molecule has 1 aromatic heterocycles. The van der Waals surface area contributed by atoms with E-state index in [-0.39, 0.29) is 0 Å². The van der Waals surface area contributed by atoms with E-state index in [1.54, 1.807) is 16.8 Å². The maximum absolute atomic E-state index is 13.1. The average molecular weight is 342 g/mol. The fourth-order valence-corrected chi connectivity index (χ4v) is 2.56. The molecule has 25 heavy (non-hydrogen) atoms. The van der Waals surface area contributed by atoms with Gasteiger partial charge in [-0.25, -0.2) is 4.68 Å². The van der Waals surface area contributed by atoms with Gasteiger partial charge >= 0.3 is 6.18 Å². The lowest BCUT2D eigenvalue weighted by atomic mass is 10.1. The van der Waals surface area contributed by atoms with Gasteiger partial charge in [0.2, 0.25) is 0 Å². The van der Waals surface area contributed by atoms with E-state index in [0.29, 0.717) is 23.4 Å². The third-order valence-electron chi connectivity index (χ3n) is 3.98. The topological polar surface area (TPSA) is 17.8 Å². The third kappa shape index (κ3) is 3.50. The predicted octanol–water partition coefficient (Wildman–Crippen LogP) is 5.98. The van der Waals surface area contributed by atoms with Gasteiger partial charge in [-0.3, -0.25) is 0 Å². The quantitative estimate of drug-likeness (QED) is 0.570. The fraction of sp³-hybridized carbons (Fsp3) is 0.150. The van der Waals surface area contributed by atoms with Gasteiger partial charge in [0.1, 0.15) is 0 Å². The standard InChI is InChI=1S/C20H17F3N2/c1-3-14(2)18-13-19(25(24-18)17-10-5-4-6-11-17)15-8-7-9-16(12-15)20(21,22)23/h4-13H,2-3H2,1H3. The highest BCUT2D eigenvalue weighted by molar-refractivity contribution is 5.70. The van der Waals surface area contributed by atoms with Gasteiger partial charge in [-0.05, 0) is 42.3 Å². The van der Waals surface area contributed by atoms with Crippen LogP contribution < -0.4 is 0 Å². The molecule has 128 valence electrons. The van der Waals surface area contributed by atoms with Gasteiger partial charge in [0.15, 0.2) is 0 Å². The molecule has 0 fully saturated rings. The normalized spacial score (nSPS) is 11.5. The van der Waals surface area contributed by atoms with Crippen LogP contribution in [0.4, 0.5) is 13.2 Å². The molecule has 0 saturated heterocycles. The third-order valence-corrected chi connectivity index (χ3v) is 3.98. The van der Waals surface area contributed by atoms with Crippen molar-refractivity contribution >= 4 is 5.57 Å². The molecule has 0 N–H and O–H groups in total. The first-order valence-electron chi connectivity index (χ1n) is 7.91. The SMILES string of the molecule is C=C(CC)c1cc(-c2cccc(C(F)(F)F)c2)n(-c2ccccc2)n1. The first-order chi connectivity index (χ1) is 11.9. The van der Waals surface area contributed by atoms with Gasteiger partial charge in [-0.15, -0.1) is 0 Å². The number of allylic oxidation sites excluding steroid dienone is 1. The molecule has 1 heterocycles. The zero-order valence-electron chi connectivity index (χ0n) is 13.7. The number of alkyl halides is 3. The van der Waals surface area contributed by atoms with E-state index in [1.807, 2.05) is 37.3 Å². The second-order valence-corrected chi connectivity index (χ2v) is 5.70. The van der Waals surface area contributed by atoms with Crippen LogP contribution in [0.25, 0.3) is 22.5 Å². The highest BCUT2D eigenvalue weighted by atomic mass is 19.4. The molecule has 0 aliphatic carbocycles. The lowest BCUT2D eigenvalue weighted by Crippen LogP contribution is -2.05. The summed E-state index contributed by atoms with van der Waals surface area (Å²) >= 11 is 0. The molecule has 0 spiro atoms. The Kier molecular flexibility index (Phi) is 4.49. The summed E-state index contributed by atoms with van der Waals surface area (Å²) in [6, 6.07) is 16.4. The minimum Gasteiger partial charge on any atom is -0.232 e. The van der Waals surface area contributed by atoms with Crippen molar-refractivity contribution in [3.63, 3.8) is 0 Å². The smallest absolute Gasteiger partial charge is 0.232 e. The molecular formula is C20H17F3N2. The van der Waals surface area contributed by atoms with Crippen molar-refractivity contribution in [1.29, 1.82) is 0 Å². The number of hydrogen-bond donors (Lipinski definition) is 0. The van der Waals surface area contributed by atoms with Crippen LogP contribution in [0, 0.1) is 0 Å². The second kappa shape index (κ2) is 6.59. The molecule has 0 amide bonds. The van der Waals surface area contributed by atoms with E-state index in [4.69, 9.17) is 0 Å². The predicted molar refractivity (Wildman–Crippen MR) is 93.3 cm³/mol. The second-order valence-electron chi connectivity index (χ2n) is 5.70. The highest BCUT2D eigenvalue weighted by Crippen LogP contribution is 2.33. The molecule has 3 rings (SSSR count). The molecule has 0 bridgehead atoms. The zero-order valence-corrected chi connectivity index (χ0v) is 13.7. The average Bonchev–Trinajstić information content (AvgIpc) is 3.06. The van der Waals surface area contributed by atoms with Crippen molar-refractivity contribution in [3.8, 4) is 16.9 Å². The van der Waals surface area contributed by atoms with Crippen molar-refractivity contribution in [2.24, 2.45) is 0 Å². The van der Waals surface area contributed by atoms with Crippen molar-refractivity contribution in [2.45, 2.75) is 19.5 Å². The molecule has 0 aliphatic heterocycles. The zero-order chi connectivity index (χ0) is 18.0. The Morgan fingerprint density at radius 3 is 2.40 bits per heavy atom. The summed E-state index contributed by atoms with van der Waals surface area (Å²) in [6.07, 6.45) is -3.67. The van der Waals surface area contributed by atoms with Gasteiger partial charge in [0, 0.05) is 5.56 Å². The van der Waals surface area contributed by atoms with E-state index in [0.717, 1.165) is 23.4 Å². The number of aromatic nitrogens is 2. The summed E-state index contributed by atoms with van der Waals surface area (Å²) in [5, 5.41) is 4.56. The maximum Gasteiger partial charge on any atom is 0.416 e. The fourth-order valence-electron chi connectivity index (χ4n) is 2.56. The molecule has 3 aromatic rings. The van der Waals surface area contributed by atoms with Crippen molar-refractivity contribution in [3.05, 3.63) is 78.5 Å². The number of rotatable bonds is 4. The van der Waals surface area contributed by atoms with Crippen LogP contribution in [0.1, 0.15) is 24.6 Å². The lowest BCUT2D eigenvalue weighted by Gasteiger charge is -2.10. The Labute approximate surface area is 144 Å². The number of halogens is 3. The van der Waals surface area contributed by atoms with Crippen LogP contribution >= 0.6 is 0 Å². The van der Waals surface area contributed by atoms with Gasteiger partial charge in [0.05, 0.1) is 22.6 Å². The van der Waals surface area contributed by atoms with E-state index in [2.05, 4.69) is 11.7 Å². The van der Waals surface area contributed by atoms with Gasteiger partial charge in [0.25, 0.3) is 0 Å². The molecule has 0 radical (unpaired) electrons. The van der Waals surface area contributed by atoms with Crippen LogP contribution in [0.5, 0.6) is 0 Å². The van der Waals surface area contributed by atoms with E-state index in [9.17, 15) is 13.2 Å². The van der Waals surface area contributed by atoms with E-state index >= 15 is 0 Å². The summed E-state index contributed by atoms with van der Waals surface area (Å²) in [5.74, 6) is 0. The first kappa shape index (κ1) is 17.0. The van der Waals surface area contributed by atoms with E-state index < -0.39 is 11.7 Å². The summed E-state index contributed by atoms with van der Waals surface area (Å²) in [5.41, 5.74) is 2.68. The van der Waals surface area contributed by atoms with E-state index in [1.165, 1.54) is 6.07 Å². The molecule has 0 unspecified atom stereocenters. The first-order valence-corrected chi connectivity index (χ1v) is 7.91. The molecule has 5 heteroatoms. The monoisotopic (exact) mass is 342 g/mol. The lowest BCUT2D eigenvalue weighted by molar-refractivity contribution is -0.137. The Hall–Kier alpha value is -2.82. The molecule has 0 atom stereocenters. The largest absolute Gasteiger partial charge is 0.416 e. The van der Waals surface area contributed by atoms with Gasteiger partial charge in [-0.2, -0.15) is 18.3 Å². The van der Waals surface area contributed by atoms with Crippen molar-refractivity contribution in [2.75, 3.05) is 0 Å². The van der Waals surface area contributed by atoms with Gasteiger partial charge in [-0.1, -0.05) is 43.8 Å². The Bertz CT molecular complexity index is 893. The minimum atomic E-state index is -4.39. The number of para-hydroxylation sites is 1. The minimum absolute atomic E-state index is 0.460. The summed E-state index contributed by atoms with van der Waals surface area (Å²) in [4.78, 5) is 0. The summed E-state index contributed by atoms with van der Waals surface area (Å²) in [7, 11) is 0. The van der Waals surface area contributed by atoms with Crippen molar-refractivity contribution < 1.29 is 13.2 Å². The van der Waals surface area contributed by atoms with Gasteiger partial charge < -0.3 is 0 Å². The Morgan fingerprint density at radius 1 is 1.04 bits per heavy atom. The molecule has 0 saturated carbocycles. The number of benzene rings is 2. The number of nitrogens with zero attached hydrogens (tertiary/aromatic N) is 2. The van der Waals surface area contributed by atoms with Crippen LogP contribution in [-0.4, -0.2) is 9.78 Å². The Balaban J connectivity index is 2.18. The van der Waals surface area contributed by atoms with Crippen LogP contribution in [0.3, 0.4) is 0 Å². The molecule has 2 aromatic carbocycles. The molecule has 0 aliphatic rings.